The van der Waals surface area contributed by atoms with E-state index in [-0.39, 0.29) is 19.0 Å². The Labute approximate surface area is 113 Å². The summed E-state index contributed by atoms with van der Waals surface area (Å²) in [6.45, 7) is 0.0825. The van der Waals surface area contributed by atoms with Crippen LogP contribution in [0.25, 0.3) is 0 Å². The molecule has 20 heavy (non-hydrogen) atoms. The summed E-state index contributed by atoms with van der Waals surface area (Å²) in [6.07, 6.45) is 1.49. The molecular formula is C13H11F3N2O2. The molecule has 1 N–H and O–H groups in total. The molecule has 4 nitrogen and oxygen atoms in total. The van der Waals surface area contributed by atoms with Gasteiger partial charge in [-0.2, -0.15) is 9.65 Å². The number of hydrogen-bond acceptors (Lipinski definition) is 3. The minimum Gasteiger partial charge on any atom is -0.503 e. The van der Waals surface area contributed by atoms with Crippen molar-refractivity contribution in [1.29, 1.82) is 5.26 Å². The van der Waals surface area contributed by atoms with Gasteiger partial charge >= 0.3 is 0 Å². The Morgan fingerprint density at radius 2 is 2.05 bits per heavy atom. The maximum Gasteiger partial charge on any atom is 0.257 e. The van der Waals surface area contributed by atoms with Gasteiger partial charge in [-0.3, -0.25) is 4.79 Å². The molecule has 0 radical (unpaired) electrons. The van der Waals surface area contributed by atoms with Crippen LogP contribution in [0.2, 0.25) is 0 Å². The number of aromatic hydroxyl groups is 1. The maximum absolute atomic E-state index is 13.7. The third kappa shape index (κ3) is 2.54. The van der Waals surface area contributed by atoms with Crippen molar-refractivity contribution < 1.29 is 23.1 Å². The lowest BCUT2D eigenvalue weighted by Crippen LogP contribution is -2.34. The first-order chi connectivity index (χ1) is 9.47. The second-order valence-corrected chi connectivity index (χ2v) is 4.52. The molecule has 0 spiro atoms. The molecule has 0 aliphatic heterocycles. The Balaban J connectivity index is 2.34. The highest BCUT2D eigenvalue weighted by atomic mass is 19.2. The van der Waals surface area contributed by atoms with Crippen LogP contribution in [0.4, 0.5) is 13.2 Å². The predicted molar refractivity (Wildman–Crippen MR) is 62.3 cm³/mol. The van der Waals surface area contributed by atoms with Gasteiger partial charge in [-0.05, 0) is 18.9 Å². The van der Waals surface area contributed by atoms with E-state index >= 15 is 0 Å². The van der Waals surface area contributed by atoms with Crippen molar-refractivity contribution in [3.05, 3.63) is 29.1 Å². The summed E-state index contributed by atoms with van der Waals surface area (Å²) in [5, 5.41) is 17.7. The largest absolute Gasteiger partial charge is 0.503 e. The van der Waals surface area contributed by atoms with Crippen molar-refractivity contribution >= 4 is 5.91 Å². The van der Waals surface area contributed by atoms with Gasteiger partial charge in [-0.25, -0.2) is 8.78 Å². The van der Waals surface area contributed by atoms with E-state index in [4.69, 9.17) is 10.4 Å². The van der Waals surface area contributed by atoms with Crippen molar-refractivity contribution in [2.24, 2.45) is 0 Å². The van der Waals surface area contributed by atoms with Gasteiger partial charge in [0.2, 0.25) is 5.82 Å². The van der Waals surface area contributed by atoms with Crippen molar-refractivity contribution in [2.45, 2.75) is 25.3 Å². The second-order valence-electron chi connectivity index (χ2n) is 4.52. The van der Waals surface area contributed by atoms with E-state index in [9.17, 15) is 18.0 Å². The lowest BCUT2D eigenvalue weighted by atomic mass is 10.1. The molecule has 1 amide bonds. The van der Waals surface area contributed by atoms with Gasteiger partial charge in [0, 0.05) is 12.6 Å². The third-order valence-corrected chi connectivity index (χ3v) is 3.08. The molecular weight excluding hydrogens is 273 g/mol. The molecule has 2 rings (SSSR count). The normalized spacial score (nSPS) is 13.9. The molecule has 0 heterocycles. The number of phenols is 1. The van der Waals surface area contributed by atoms with Gasteiger partial charge in [-0.15, -0.1) is 0 Å². The van der Waals surface area contributed by atoms with E-state index in [1.54, 1.807) is 0 Å². The van der Waals surface area contributed by atoms with E-state index in [1.807, 2.05) is 6.07 Å². The fraction of sp³-hybridized carbons (Fsp3) is 0.385. The lowest BCUT2D eigenvalue weighted by Gasteiger charge is -2.21. The van der Waals surface area contributed by atoms with Crippen LogP contribution in [0, 0.1) is 28.8 Å². The molecule has 0 unspecified atom stereocenters. The summed E-state index contributed by atoms with van der Waals surface area (Å²) in [5.41, 5.74) is -0.730. The molecule has 0 bridgehead atoms. The van der Waals surface area contributed by atoms with E-state index in [2.05, 4.69) is 0 Å². The summed E-state index contributed by atoms with van der Waals surface area (Å²) in [6, 6.07) is 2.17. The standard InChI is InChI=1S/C13H11F3N2O2/c14-9-6-8(10(15)12(19)11(9)16)13(20)18(5-1-4-17)7-2-3-7/h6-7,19H,1-3,5H2. The Kier molecular flexibility index (Phi) is 3.84. The Morgan fingerprint density at radius 1 is 1.40 bits per heavy atom. The fourth-order valence-corrected chi connectivity index (χ4v) is 1.91. The van der Waals surface area contributed by atoms with Gasteiger partial charge in [0.15, 0.2) is 17.4 Å². The number of carbonyl (C=O) groups is 1. The Bertz CT molecular complexity index is 594. The number of benzene rings is 1. The Hall–Kier alpha value is -2.23. The summed E-state index contributed by atoms with van der Waals surface area (Å²) in [5.74, 6) is -7.08. The number of nitrogens with zero attached hydrogens (tertiary/aromatic N) is 2. The Morgan fingerprint density at radius 3 is 2.60 bits per heavy atom. The van der Waals surface area contributed by atoms with Crippen molar-refractivity contribution in [3.63, 3.8) is 0 Å². The molecule has 1 aromatic rings. The number of amides is 1. The third-order valence-electron chi connectivity index (χ3n) is 3.08. The monoisotopic (exact) mass is 284 g/mol. The maximum atomic E-state index is 13.7. The van der Waals surface area contributed by atoms with Gasteiger partial charge in [0.25, 0.3) is 5.91 Å². The van der Waals surface area contributed by atoms with Crippen molar-refractivity contribution in [2.75, 3.05) is 6.54 Å². The molecule has 0 aromatic heterocycles. The lowest BCUT2D eigenvalue weighted by molar-refractivity contribution is 0.0740. The van der Waals surface area contributed by atoms with Crippen molar-refractivity contribution in [3.8, 4) is 11.8 Å². The molecule has 1 aromatic carbocycles. The molecule has 106 valence electrons. The molecule has 1 saturated carbocycles. The minimum atomic E-state index is -1.73. The highest BCUT2D eigenvalue weighted by molar-refractivity contribution is 5.95. The van der Waals surface area contributed by atoms with Crippen molar-refractivity contribution in [1.82, 2.24) is 4.90 Å². The number of carbonyl (C=O) groups excluding carboxylic acids is 1. The van der Waals surface area contributed by atoms with Crippen LogP contribution in [0.3, 0.4) is 0 Å². The molecule has 1 aliphatic rings. The molecule has 0 saturated heterocycles. The van der Waals surface area contributed by atoms with Crippen LogP contribution in [0.1, 0.15) is 29.6 Å². The summed E-state index contributed by atoms with van der Waals surface area (Å²) in [7, 11) is 0. The highest BCUT2D eigenvalue weighted by Crippen LogP contribution is 2.31. The van der Waals surface area contributed by atoms with Crippen LogP contribution in [-0.4, -0.2) is 28.5 Å². The van der Waals surface area contributed by atoms with Crippen LogP contribution in [0.15, 0.2) is 6.07 Å². The van der Waals surface area contributed by atoms with Crippen LogP contribution < -0.4 is 0 Å². The first-order valence-electron chi connectivity index (χ1n) is 6.01. The van der Waals surface area contributed by atoms with Crippen LogP contribution in [-0.2, 0) is 0 Å². The zero-order chi connectivity index (χ0) is 14.9. The first kappa shape index (κ1) is 14.2. The SMILES string of the molecule is N#CCCN(C(=O)c1cc(F)c(F)c(O)c1F)C1CC1. The fourth-order valence-electron chi connectivity index (χ4n) is 1.91. The number of nitriles is 1. The van der Waals surface area contributed by atoms with E-state index in [0.29, 0.717) is 18.9 Å². The molecule has 0 atom stereocenters. The smallest absolute Gasteiger partial charge is 0.257 e. The number of halogens is 3. The molecule has 7 heteroatoms. The number of phenolic OH excluding ortho intramolecular Hbond substituents is 1. The van der Waals surface area contributed by atoms with Gasteiger partial charge in [0.05, 0.1) is 18.1 Å². The highest BCUT2D eigenvalue weighted by Gasteiger charge is 2.35. The molecule has 1 fully saturated rings. The predicted octanol–water partition coefficient (Wildman–Crippen LogP) is 2.33. The van der Waals surface area contributed by atoms with E-state index in [1.165, 1.54) is 4.90 Å². The summed E-state index contributed by atoms with van der Waals surface area (Å²) >= 11 is 0. The zero-order valence-electron chi connectivity index (χ0n) is 10.4. The zero-order valence-corrected chi connectivity index (χ0v) is 10.4. The average Bonchev–Trinajstić information content (AvgIpc) is 3.25. The van der Waals surface area contributed by atoms with Gasteiger partial charge in [-0.1, -0.05) is 0 Å². The average molecular weight is 284 g/mol. The van der Waals surface area contributed by atoms with E-state index < -0.39 is 34.7 Å². The number of hydrogen-bond donors (Lipinski definition) is 1. The van der Waals surface area contributed by atoms with Gasteiger partial charge < -0.3 is 10.0 Å². The quantitative estimate of drug-likeness (QED) is 0.863. The number of rotatable bonds is 4. The first-order valence-corrected chi connectivity index (χ1v) is 6.01. The molecule has 1 aliphatic carbocycles. The van der Waals surface area contributed by atoms with Gasteiger partial charge in [0.1, 0.15) is 0 Å². The van der Waals surface area contributed by atoms with E-state index in [0.717, 1.165) is 0 Å². The second kappa shape index (κ2) is 5.41. The minimum absolute atomic E-state index is 0.0551. The van der Waals surface area contributed by atoms with Crippen LogP contribution in [0.5, 0.6) is 5.75 Å². The topological polar surface area (TPSA) is 64.3 Å². The summed E-state index contributed by atoms with van der Waals surface area (Å²) in [4.78, 5) is 13.4. The summed E-state index contributed by atoms with van der Waals surface area (Å²) < 4.78 is 39.9. The van der Waals surface area contributed by atoms with Crippen LogP contribution >= 0.6 is 0 Å².